The molecule has 1 aromatic heterocycles. The Morgan fingerprint density at radius 2 is 2.29 bits per heavy atom. The normalized spacial score (nSPS) is 20.9. The van der Waals surface area contributed by atoms with Crippen LogP contribution in [-0.4, -0.2) is 38.6 Å². The van der Waals surface area contributed by atoms with E-state index in [9.17, 15) is 8.42 Å². The topological polar surface area (TPSA) is 120 Å². The first-order chi connectivity index (χ1) is 11.5. The Hall–Kier alpha value is -2.19. The van der Waals surface area contributed by atoms with Crippen LogP contribution < -0.4 is 10.0 Å². The number of aryl methyl sites for hydroxylation is 1. The van der Waals surface area contributed by atoms with Gasteiger partial charge in [0.1, 0.15) is 0 Å². The van der Waals surface area contributed by atoms with Crippen molar-refractivity contribution in [2.75, 3.05) is 13.1 Å². The molecule has 2 atom stereocenters. The highest BCUT2D eigenvalue weighted by Crippen LogP contribution is 2.25. The van der Waals surface area contributed by atoms with E-state index in [0.29, 0.717) is 24.9 Å². The van der Waals surface area contributed by atoms with E-state index >= 15 is 0 Å². The zero-order chi connectivity index (χ0) is 17.2. The summed E-state index contributed by atoms with van der Waals surface area (Å²) < 4.78 is 28.4. The summed E-state index contributed by atoms with van der Waals surface area (Å²) in [5, 5.41) is 8.18. The molecule has 0 aliphatic carbocycles. The maximum absolute atomic E-state index is 12.8. The largest absolute Gasteiger partial charge is 0.312 e. The molecule has 0 saturated carbocycles. The molecule has 8 nitrogen and oxygen atoms in total. The Balaban J connectivity index is 1.86. The summed E-state index contributed by atoms with van der Waals surface area (Å²) in [5.41, 5.74) is 9.19. The molecule has 0 bridgehead atoms. The summed E-state index contributed by atoms with van der Waals surface area (Å²) in [4.78, 5) is 7.11. The molecule has 0 amide bonds. The van der Waals surface area contributed by atoms with Crippen molar-refractivity contribution in [2.24, 2.45) is 5.11 Å². The monoisotopic (exact) mass is 346 g/mol. The molecule has 2 N–H and O–H groups in total. The standard InChI is InChI=1S/C15H18N6O2S/c1-10-6-17-7-11-3-2-4-14(15(10)11)24(22,23)20-13-5-12(18-8-13)9-19-21-16/h2-4,6-7,12-13,18,20H,5,8-9H2,1H3/t12-,13-/m1/s1. The Kier molecular flexibility index (Phi) is 4.68. The first-order valence-electron chi connectivity index (χ1n) is 7.61. The van der Waals surface area contributed by atoms with Gasteiger partial charge in [-0.15, -0.1) is 0 Å². The van der Waals surface area contributed by atoms with E-state index in [-0.39, 0.29) is 17.0 Å². The number of nitrogens with one attached hydrogen (secondary N) is 2. The third kappa shape index (κ3) is 3.34. The van der Waals surface area contributed by atoms with Crippen molar-refractivity contribution in [3.8, 4) is 0 Å². The van der Waals surface area contributed by atoms with Crippen molar-refractivity contribution >= 4 is 20.8 Å². The number of benzene rings is 1. The highest BCUT2D eigenvalue weighted by Gasteiger charge is 2.28. The molecule has 0 spiro atoms. The van der Waals surface area contributed by atoms with Crippen molar-refractivity contribution in [1.29, 1.82) is 0 Å². The van der Waals surface area contributed by atoms with Crippen molar-refractivity contribution in [2.45, 2.75) is 30.3 Å². The Bertz CT molecular complexity index is 902. The van der Waals surface area contributed by atoms with Crippen LogP contribution in [0.3, 0.4) is 0 Å². The number of sulfonamides is 1. The van der Waals surface area contributed by atoms with Gasteiger partial charge in [-0.25, -0.2) is 13.1 Å². The zero-order valence-corrected chi connectivity index (χ0v) is 14.0. The van der Waals surface area contributed by atoms with Crippen molar-refractivity contribution in [3.05, 3.63) is 46.6 Å². The number of hydrogen-bond donors (Lipinski definition) is 2. The Morgan fingerprint density at radius 3 is 3.08 bits per heavy atom. The van der Waals surface area contributed by atoms with E-state index < -0.39 is 10.0 Å². The van der Waals surface area contributed by atoms with E-state index in [4.69, 9.17) is 5.53 Å². The molecule has 126 valence electrons. The van der Waals surface area contributed by atoms with Crippen LogP contribution in [0.1, 0.15) is 12.0 Å². The minimum absolute atomic E-state index is 0.00736. The minimum atomic E-state index is -3.66. The first kappa shape index (κ1) is 16.7. The van der Waals surface area contributed by atoms with Crippen LogP contribution in [0.15, 0.2) is 40.6 Å². The van der Waals surface area contributed by atoms with Gasteiger partial charge >= 0.3 is 0 Å². The molecule has 1 aliphatic heterocycles. The fourth-order valence-corrected chi connectivity index (χ4v) is 4.61. The van der Waals surface area contributed by atoms with Gasteiger partial charge < -0.3 is 5.32 Å². The maximum Gasteiger partial charge on any atom is 0.241 e. The van der Waals surface area contributed by atoms with E-state index in [1.165, 1.54) is 0 Å². The van der Waals surface area contributed by atoms with Crippen LogP contribution in [0.25, 0.3) is 21.2 Å². The number of nitrogens with zero attached hydrogens (tertiary/aromatic N) is 4. The third-order valence-corrected chi connectivity index (χ3v) is 5.70. The Labute approximate surface area is 140 Å². The predicted octanol–water partition coefficient (Wildman–Crippen LogP) is 1.86. The minimum Gasteiger partial charge on any atom is -0.312 e. The van der Waals surface area contributed by atoms with Gasteiger partial charge in [0.15, 0.2) is 0 Å². The molecule has 1 saturated heterocycles. The summed E-state index contributed by atoms with van der Waals surface area (Å²) in [6.45, 7) is 2.67. The van der Waals surface area contributed by atoms with Gasteiger partial charge in [0.05, 0.1) is 4.90 Å². The highest BCUT2D eigenvalue weighted by molar-refractivity contribution is 7.89. The van der Waals surface area contributed by atoms with E-state index in [2.05, 4.69) is 25.0 Å². The van der Waals surface area contributed by atoms with Gasteiger partial charge in [-0.05, 0) is 30.5 Å². The lowest BCUT2D eigenvalue weighted by Gasteiger charge is -2.15. The lowest BCUT2D eigenvalue weighted by Crippen LogP contribution is -2.36. The second kappa shape index (κ2) is 6.74. The molecule has 1 aliphatic rings. The summed E-state index contributed by atoms with van der Waals surface area (Å²) >= 11 is 0. The average molecular weight is 346 g/mol. The first-order valence-corrected chi connectivity index (χ1v) is 9.09. The zero-order valence-electron chi connectivity index (χ0n) is 13.2. The molecule has 3 rings (SSSR count). The van der Waals surface area contributed by atoms with Crippen molar-refractivity contribution in [1.82, 2.24) is 15.0 Å². The van der Waals surface area contributed by atoms with Crippen LogP contribution in [0.2, 0.25) is 0 Å². The molecule has 9 heteroatoms. The number of fused-ring (bicyclic) bond motifs is 1. The van der Waals surface area contributed by atoms with Crippen LogP contribution in [0.5, 0.6) is 0 Å². The second-order valence-corrected chi connectivity index (χ2v) is 7.57. The van der Waals surface area contributed by atoms with Crippen molar-refractivity contribution < 1.29 is 8.42 Å². The number of azide groups is 1. The maximum atomic E-state index is 12.8. The van der Waals surface area contributed by atoms with Gasteiger partial charge in [0.2, 0.25) is 10.0 Å². The second-order valence-electron chi connectivity index (χ2n) is 5.88. The summed E-state index contributed by atoms with van der Waals surface area (Å²) in [7, 11) is -3.66. The smallest absolute Gasteiger partial charge is 0.241 e. The lowest BCUT2D eigenvalue weighted by molar-refractivity contribution is 0.555. The lowest BCUT2D eigenvalue weighted by atomic mass is 10.1. The highest BCUT2D eigenvalue weighted by atomic mass is 32.2. The number of aromatic nitrogens is 1. The predicted molar refractivity (Wildman–Crippen MR) is 91.0 cm³/mol. The number of hydrogen-bond acceptors (Lipinski definition) is 5. The molecule has 1 aromatic carbocycles. The number of pyridine rings is 1. The van der Waals surface area contributed by atoms with Gasteiger partial charge in [-0.1, -0.05) is 17.2 Å². The van der Waals surface area contributed by atoms with E-state index in [1.807, 2.05) is 13.0 Å². The van der Waals surface area contributed by atoms with Gasteiger partial charge in [0.25, 0.3) is 0 Å². The van der Waals surface area contributed by atoms with Crippen molar-refractivity contribution in [3.63, 3.8) is 0 Å². The molecular formula is C15H18N6O2S. The average Bonchev–Trinajstić information content (AvgIpc) is 2.99. The van der Waals surface area contributed by atoms with Crippen LogP contribution in [0.4, 0.5) is 0 Å². The van der Waals surface area contributed by atoms with Gasteiger partial charge in [-0.3, -0.25) is 4.98 Å². The summed E-state index contributed by atoms with van der Waals surface area (Å²) in [6.07, 6.45) is 3.91. The van der Waals surface area contributed by atoms with Gasteiger partial charge in [0, 0.05) is 53.3 Å². The van der Waals surface area contributed by atoms with E-state index in [1.54, 1.807) is 24.5 Å². The number of rotatable bonds is 5. The van der Waals surface area contributed by atoms with Crippen LogP contribution in [-0.2, 0) is 10.0 Å². The summed E-state index contributed by atoms with van der Waals surface area (Å²) in [6, 6.07) is 4.94. The molecule has 0 unspecified atom stereocenters. The Morgan fingerprint density at radius 1 is 1.46 bits per heavy atom. The van der Waals surface area contributed by atoms with E-state index in [0.717, 1.165) is 10.9 Å². The third-order valence-electron chi connectivity index (χ3n) is 4.13. The molecule has 1 fully saturated rings. The fraction of sp³-hybridized carbons (Fsp3) is 0.400. The fourth-order valence-electron chi connectivity index (χ4n) is 3.06. The molecule has 0 radical (unpaired) electrons. The SMILES string of the molecule is Cc1cncc2cccc(S(=O)(=O)N[C@H]3CN[C@@H](CN=[N+]=[N-])C3)c12. The van der Waals surface area contributed by atoms with Crippen LogP contribution >= 0.6 is 0 Å². The molecule has 2 heterocycles. The molecular weight excluding hydrogens is 328 g/mol. The quantitative estimate of drug-likeness (QED) is 0.488. The summed E-state index contributed by atoms with van der Waals surface area (Å²) in [5.74, 6) is 0. The molecule has 2 aromatic rings. The van der Waals surface area contributed by atoms with Gasteiger partial charge in [-0.2, -0.15) is 0 Å². The molecule has 24 heavy (non-hydrogen) atoms. The van der Waals surface area contributed by atoms with Crippen LogP contribution in [0, 0.1) is 6.92 Å².